The number of nitrogens with one attached hydrogen (secondary N) is 1. The number of hydrogen-bond acceptors (Lipinski definition) is 6. The van der Waals surface area contributed by atoms with Crippen molar-refractivity contribution in [2.24, 2.45) is 0 Å². The Kier molecular flexibility index (Phi) is 7.17. The highest BCUT2D eigenvalue weighted by molar-refractivity contribution is 7.88. The molecule has 210 valence electrons. The Morgan fingerprint density at radius 3 is 2.38 bits per heavy atom. The van der Waals surface area contributed by atoms with Crippen LogP contribution >= 0.6 is 0 Å². The van der Waals surface area contributed by atoms with Gasteiger partial charge in [0.2, 0.25) is 0 Å². The van der Waals surface area contributed by atoms with Crippen LogP contribution in [0.1, 0.15) is 57.0 Å². The highest BCUT2D eigenvalue weighted by Crippen LogP contribution is 2.39. The molecule has 4 rings (SSSR count). The highest BCUT2D eigenvalue weighted by atomic mass is 32.2. The minimum Gasteiger partial charge on any atom is -0.444 e. The number of carbonyl (C=O) groups excluding carboxylic acids is 1. The van der Waals surface area contributed by atoms with Gasteiger partial charge < -0.3 is 14.2 Å². The average Bonchev–Trinajstić information content (AvgIpc) is 2.79. The van der Waals surface area contributed by atoms with E-state index >= 15 is 0 Å². The van der Waals surface area contributed by atoms with Crippen LogP contribution in [0, 0.1) is 5.82 Å². The molecule has 1 N–H and O–H groups in total. The lowest BCUT2D eigenvalue weighted by Gasteiger charge is -2.29. The minimum atomic E-state index is -6.10. The molecule has 3 aromatic rings. The van der Waals surface area contributed by atoms with Gasteiger partial charge in [0.1, 0.15) is 11.4 Å². The molecule has 0 bridgehead atoms. The Labute approximate surface area is 221 Å². The molecule has 0 spiro atoms. The fraction of sp³-hybridized carbons (Fsp3) is 0.385. The van der Waals surface area contributed by atoms with E-state index in [1.165, 1.54) is 18.2 Å². The molecule has 1 aliphatic rings. The van der Waals surface area contributed by atoms with Crippen LogP contribution in [0.25, 0.3) is 16.5 Å². The normalized spacial score (nSPS) is 14.7. The minimum absolute atomic E-state index is 0.0200. The highest BCUT2D eigenvalue weighted by Gasteiger charge is 2.49. The molecule has 2 aromatic carbocycles. The molecule has 0 saturated carbocycles. The Morgan fingerprint density at radius 2 is 1.77 bits per heavy atom. The monoisotopic (exact) mass is 570 g/mol. The molecule has 1 heterocycles. The van der Waals surface area contributed by atoms with Crippen LogP contribution < -0.4 is 15.1 Å². The number of carbonyl (C=O) groups is 1. The van der Waals surface area contributed by atoms with Gasteiger partial charge in [0.25, 0.3) is 5.56 Å². The summed E-state index contributed by atoms with van der Waals surface area (Å²) >= 11 is 0. The number of pyridine rings is 1. The zero-order valence-electron chi connectivity index (χ0n) is 21.5. The van der Waals surface area contributed by atoms with Crippen LogP contribution in [-0.4, -0.2) is 30.2 Å². The van der Waals surface area contributed by atoms with Gasteiger partial charge >= 0.3 is 21.7 Å². The van der Waals surface area contributed by atoms with Gasteiger partial charge in [-0.05, 0) is 87.7 Å². The summed E-state index contributed by atoms with van der Waals surface area (Å²) in [5.74, 6) is -1.50. The molecular weight excluding hydrogens is 544 g/mol. The van der Waals surface area contributed by atoms with E-state index in [9.17, 15) is 35.6 Å². The molecule has 1 amide bonds. The van der Waals surface area contributed by atoms with E-state index in [4.69, 9.17) is 4.74 Å². The lowest BCUT2D eigenvalue weighted by atomic mass is 9.86. The van der Waals surface area contributed by atoms with Gasteiger partial charge in [-0.3, -0.25) is 9.36 Å². The number of hydrogen-bond donors (Lipinski definition) is 1. The maximum absolute atomic E-state index is 14.3. The molecule has 0 saturated heterocycles. The van der Waals surface area contributed by atoms with Crippen molar-refractivity contribution in [3.05, 3.63) is 69.4 Å². The zero-order valence-corrected chi connectivity index (χ0v) is 22.3. The number of aromatic nitrogens is 1. The third-order valence-electron chi connectivity index (χ3n) is 6.09. The van der Waals surface area contributed by atoms with Gasteiger partial charge in [0, 0.05) is 0 Å². The molecule has 1 atom stereocenters. The molecule has 13 heteroatoms. The maximum Gasteiger partial charge on any atom is 0.534 e. The first-order valence-corrected chi connectivity index (χ1v) is 13.4. The lowest BCUT2D eigenvalue weighted by Crippen LogP contribution is -2.37. The SMILES string of the molecule is CC(NC(=O)OC(C)(C)C)c1c2c3c(ccc(OS(=O)(=O)C(F)(F)F)c3c(=O)n1-c1cccc(F)c1)CCC2. The molecule has 0 radical (unpaired) electrons. The van der Waals surface area contributed by atoms with Crippen LogP contribution in [0.3, 0.4) is 0 Å². The summed E-state index contributed by atoms with van der Waals surface area (Å²) in [6.45, 7) is 6.59. The molecule has 1 unspecified atom stereocenters. The van der Waals surface area contributed by atoms with Gasteiger partial charge in [-0.1, -0.05) is 12.1 Å². The molecule has 39 heavy (non-hydrogen) atoms. The smallest absolute Gasteiger partial charge is 0.444 e. The van der Waals surface area contributed by atoms with Crippen molar-refractivity contribution in [1.82, 2.24) is 9.88 Å². The van der Waals surface area contributed by atoms with Gasteiger partial charge in [-0.2, -0.15) is 21.6 Å². The summed E-state index contributed by atoms with van der Waals surface area (Å²) in [7, 11) is -6.10. The van der Waals surface area contributed by atoms with Crippen molar-refractivity contribution in [1.29, 1.82) is 0 Å². The predicted octanol–water partition coefficient (Wildman–Crippen LogP) is 5.43. The van der Waals surface area contributed by atoms with Crippen LogP contribution in [0.4, 0.5) is 22.4 Å². The number of alkyl halides is 3. The molecule has 0 fully saturated rings. The lowest BCUT2D eigenvalue weighted by molar-refractivity contribution is -0.0499. The quantitative estimate of drug-likeness (QED) is 0.249. The average molecular weight is 571 g/mol. The van der Waals surface area contributed by atoms with E-state index in [1.54, 1.807) is 27.7 Å². The summed E-state index contributed by atoms with van der Waals surface area (Å²) in [5.41, 5.74) is -6.15. The Morgan fingerprint density at radius 1 is 1.08 bits per heavy atom. The number of aryl methyl sites for hydroxylation is 2. The summed E-state index contributed by atoms with van der Waals surface area (Å²) in [6, 6.07) is 6.47. The second-order valence-corrected chi connectivity index (χ2v) is 11.7. The standard InChI is InChI=1S/C26H26F4N2O6S/c1-14(31-24(34)37-25(2,3)4)22-18-10-5-7-15-11-12-19(38-39(35,36)26(28,29)30)21(20(15)18)23(33)32(22)17-9-6-8-16(27)13-17/h6,8-9,11-14H,5,7,10H2,1-4H3,(H,31,34). The largest absolute Gasteiger partial charge is 0.534 e. The summed E-state index contributed by atoms with van der Waals surface area (Å²) in [4.78, 5) is 26.6. The zero-order chi connectivity index (χ0) is 28.9. The fourth-order valence-electron chi connectivity index (χ4n) is 4.70. The van der Waals surface area contributed by atoms with Crippen LogP contribution in [0.2, 0.25) is 0 Å². The van der Waals surface area contributed by atoms with E-state index in [0.717, 1.165) is 22.8 Å². The second kappa shape index (κ2) is 9.85. The molecule has 0 aliphatic heterocycles. The van der Waals surface area contributed by atoms with Crippen molar-refractivity contribution < 1.29 is 39.7 Å². The van der Waals surface area contributed by atoms with Crippen molar-refractivity contribution in [3.63, 3.8) is 0 Å². The molecule has 8 nitrogen and oxygen atoms in total. The van der Waals surface area contributed by atoms with Crippen molar-refractivity contribution in [2.75, 3.05) is 0 Å². The molecular formula is C26H26F4N2O6S. The van der Waals surface area contributed by atoms with E-state index in [2.05, 4.69) is 9.50 Å². The second-order valence-electron chi connectivity index (χ2n) is 10.2. The van der Waals surface area contributed by atoms with E-state index in [0.29, 0.717) is 30.4 Å². The predicted molar refractivity (Wildman–Crippen MR) is 135 cm³/mol. The fourth-order valence-corrected chi connectivity index (χ4v) is 5.17. The summed E-state index contributed by atoms with van der Waals surface area (Å²) < 4.78 is 88.4. The van der Waals surface area contributed by atoms with E-state index in [1.807, 2.05) is 0 Å². The van der Waals surface area contributed by atoms with Crippen LogP contribution in [0.15, 0.2) is 41.2 Å². The van der Waals surface area contributed by atoms with Gasteiger partial charge in [0.15, 0.2) is 5.75 Å². The van der Waals surface area contributed by atoms with Gasteiger partial charge in [-0.25, -0.2) is 9.18 Å². The van der Waals surface area contributed by atoms with Gasteiger partial charge in [-0.15, -0.1) is 0 Å². The first kappa shape index (κ1) is 28.4. The number of amides is 1. The first-order valence-electron chi connectivity index (χ1n) is 12.0. The Hall–Kier alpha value is -3.61. The molecule has 1 aliphatic carbocycles. The number of halogens is 4. The van der Waals surface area contributed by atoms with E-state index < -0.39 is 55.9 Å². The number of alkyl carbamates (subject to hydrolysis) is 1. The summed E-state index contributed by atoms with van der Waals surface area (Å²) in [6.07, 6.45) is 0.609. The number of rotatable bonds is 5. The maximum atomic E-state index is 14.3. The number of nitrogens with zero attached hydrogens (tertiary/aromatic N) is 1. The van der Waals surface area contributed by atoms with Crippen molar-refractivity contribution in [3.8, 4) is 11.4 Å². The molecule has 1 aromatic heterocycles. The van der Waals surface area contributed by atoms with Gasteiger partial charge in [0.05, 0.1) is 22.8 Å². The Bertz CT molecular complexity index is 1620. The Balaban J connectivity index is 2.05. The third-order valence-corrected chi connectivity index (χ3v) is 7.05. The van der Waals surface area contributed by atoms with E-state index in [-0.39, 0.29) is 16.8 Å². The van der Waals surface area contributed by atoms with Crippen LogP contribution in [0.5, 0.6) is 5.75 Å². The first-order chi connectivity index (χ1) is 18.0. The topological polar surface area (TPSA) is 104 Å². The third kappa shape index (κ3) is 5.58. The van der Waals surface area contributed by atoms with Crippen molar-refractivity contribution in [2.45, 2.75) is 64.1 Å². The van der Waals surface area contributed by atoms with Crippen molar-refractivity contribution >= 4 is 27.0 Å². The number of ether oxygens (including phenoxy) is 1. The number of benzene rings is 2. The summed E-state index contributed by atoms with van der Waals surface area (Å²) in [5, 5.41) is 2.51. The van der Waals surface area contributed by atoms with Crippen LogP contribution in [-0.2, 0) is 27.7 Å².